The van der Waals surface area contributed by atoms with E-state index in [9.17, 15) is 14.7 Å². The molecule has 1 fully saturated rings. The molecule has 2 aliphatic heterocycles. The van der Waals surface area contributed by atoms with Crippen LogP contribution in [-0.4, -0.2) is 44.5 Å². The first kappa shape index (κ1) is 18.9. The second-order valence-corrected chi connectivity index (χ2v) is 5.85. The van der Waals surface area contributed by atoms with Crippen molar-refractivity contribution in [3.8, 4) is 0 Å². The van der Waals surface area contributed by atoms with Crippen molar-refractivity contribution >= 4 is 23.6 Å². The minimum atomic E-state index is -1.07. The quantitative estimate of drug-likeness (QED) is 0.282. The molecule has 0 spiro atoms. The molecule has 2 atom stereocenters. The van der Waals surface area contributed by atoms with Gasteiger partial charge in [0.25, 0.3) is 0 Å². The zero-order valence-electron chi connectivity index (χ0n) is 11.5. The number of halogens is 1. The van der Waals surface area contributed by atoms with Crippen LogP contribution >= 0.6 is 11.8 Å². The SMILES string of the molecule is NC1C(=O)N2C(C(=O)O)=C(C[n+]3ccccc3)CSC12.O.[I-]. The van der Waals surface area contributed by atoms with Crippen molar-refractivity contribution < 1.29 is 48.7 Å². The van der Waals surface area contributed by atoms with Crippen LogP contribution in [0.3, 0.4) is 0 Å². The van der Waals surface area contributed by atoms with Crippen molar-refractivity contribution in [2.24, 2.45) is 5.73 Å². The summed E-state index contributed by atoms with van der Waals surface area (Å²) in [4.78, 5) is 24.6. The summed E-state index contributed by atoms with van der Waals surface area (Å²) in [6.07, 6.45) is 3.74. The Labute approximate surface area is 148 Å². The molecule has 3 heterocycles. The Morgan fingerprint density at radius 3 is 2.64 bits per heavy atom. The fraction of sp³-hybridized carbons (Fsp3) is 0.308. The Kier molecular flexibility index (Phi) is 6.35. The minimum Gasteiger partial charge on any atom is -1.00 e. The summed E-state index contributed by atoms with van der Waals surface area (Å²) in [6, 6.07) is 5.07. The van der Waals surface area contributed by atoms with E-state index in [-0.39, 0.29) is 46.4 Å². The van der Waals surface area contributed by atoms with E-state index in [2.05, 4.69) is 0 Å². The highest BCUT2D eigenvalue weighted by molar-refractivity contribution is 8.00. The first-order chi connectivity index (χ1) is 9.59. The zero-order valence-corrected chi connectivity index (χ0v) is 14.5. The number of thioether (sulfide) groups is 1. The van der Waals surface area contributed by atoms with E-state index in [1.807, 2.05) is 35.2 Å². The van der Waals surface area contributed by atoms with Crippen LogP contribution in [0.1, 0.15) is 0 Å². The molecule has 9 heteroatoms. The van der Waals surface area contributed by atoms with Crippen molar-refractivity contribution in [1.82, 2.24) is 4.90 Å². The first-order valence-electron chi connectivity index (χ1n) is 6.19. The number of carbonyl (C=O) groups excluding carboxylic acids is 1. The van der Waals surface area contributed by atoms with Crippen molar-refractivity contribution in [3.05, 3.63) is 41.9 Å². The Bertz CT molecular complexity index is 611. The molecule has 0 saturated carbocycles. The monoisotopic (exact) mass is 437 g/mol. The lowest BCUT2D eigenvalue weighted by atomic mass is 10.0. The highest BCUT2D eigenvalue weighted by Gasteiger charge is 2.52. The number of β-lactam (4-membered cyclic amide) rings is 1. The van der Waals surface area contributed by atoms with E-state index in [0.717, 1.165) is 5.57 Å². The van der Waals surface area contributed by atoms with Crippen LogP contribution in [0.2, 0.25) is 0 Å². The summed E-state index contributed by atoms with van der Waals surface area (Å²) >= 11 is 1.52. The van der Waals surface area contributed by atoms with Gasteiger partial charge in [-0.15, -0.1) is 11.8 Å². The first-order valence-corrected chi connectivity index (χ1v) is 7.24. The standard InChI is InChI=1S/C13H13N3O3S.HI.H2O/c14-9-11(17)16-10(13(18)19)8(7-20-12(9)16)6-15-4-2-1-3-5-15;;/h1-5,9,12H,6-7,14H2;1H;1H2. The van der Waals surface area contributed by atoms with Crippen LogP contribution < -0.4 is 34.3 Å². The Hall–Kier alpha value is -1.17. The van der Waals surface area contributed by atoms with Gasteiger partial charge in [0, 0.05) is 23.5 Å². The van der Waals surface area contributed by atoms with Crippen LogP contribution in [0.5, 0.6) is 0 Å². The molecule has 0 aromatic carbocycles. The lowest BCUT2D eigenvalue weighted by Gasteiger charge is -2.47. The molecular weight excluding hydrogens is 421 g/mol. The number of nitrogens with two attached hydrogens (primary N) is 1. The normalized spacial score (nSPS) is 23.0. The summed E-state index contributed by atoms with van der Waals surface area (Å²) in [5, 5.41) is 9.16. The molecule has 2 aliphatic rings. The van der Waals surface area contributed by atoms with E-state index in [1.165, 1.54) is 16.7 Å². The van der Waals surface area contributed by atoms with E-state index in [4.69, 9.17) is 5.73 Å². The highest BCUT2D eigenvalue weighted by atomic mass is 127. The third-order valence-corrected chi connectivity index (χ3v) is 4.80. The Balaban J connectivity index is 0.00000121. The van der Waals surface area contributed by atoms with E-state index in [1.54, 1.807) is 0 Å². The number of amides is 1. The van der Waals surface area contributed by atoms with Gasteiger partial charge in [0.15, 0.2) is 18.9 Å². The molecule has 1 saturated heterocycles. The van der Waals surface area contributed by atoms with Gasteiger partial charge < -0.3 is 40.3 Å². The van der Waals surface area contributed by atoms with Crippen LogP contribution in [0.15, 0.2) is 41.9 Å². The fourth-order valence-electron chi connectivity index (χ4n) is 2.46. The lowest BCUT2D eigenvalue weighted by Crippen LogP contribution is -3.00. The number of carbonyl (C=O) groups is 2. The Morgan fingerprint density at radius 1 is 1.41 bits per heavy atom. The van der Waals surface area contributed by atoms with Crippen LogP contribution in [0.4, 0.5) is 0 Å². The average Bonchev–Trinajstić information content (AvgIpc) is 2.46. The molecule has 0 bridgehead atoms. The minimum absolute atomic E-state index is 0. The van der Waals surface area contributed by atoms with E-state index < -0.39 is 12.0 Å². The van der Waals surface area contributed by atoms with Gasteiger partial charge in [-0.1, -0.05) is 6.07 Å². The molecule has 120 valence electrons. The summed E-state index contributed by atoms with van der Waals surface area (Å²) in [5.74, 6) is -0.802. The van der Waals surface area contributed by atoms with Gasteiger partial charge in [0.05, 0.1) is 0 Å². The number of rotatable bonds is 3. The average molecular weight is 437 g/mol. The van der Waals surface area contributed by atoms with Gasteiger partial charge >= 0.3 is 5.97 Å². The topological polar surface area (TPSA) is 119 Å². The highest BCUT2D eigenvalue weighted by Crippen LogP contribution is 2.39. The fourth-order valence-corrected chi connectivity index (χ4v) is 3.74. The summed E-state index contributed by atoms with van der Waals surface area (Å²) in [7, 11) is 0. The molecule has 3 rings (SSSR count). The smallest absolute Gasteiger partial charge is 0.352 e. The Morgan fingerprint density at radius 2 is 2.05 bits per heavy atom. The number of nitrogens with zero attached hydrogens (tertiary/aromatic N) is 2. The molecule has 22 heavy (non-hydrogen) atoms. The van der Waals surface area contributed by atoms with Gasteiger partial charge in [-0.05, 0) is 0 Å². The maximum atomic E-state index is 11.8. The van der Waals surface area contributed by atoms with E-state index in [0.29, 0.717) is 12.3 Å². The van der Waals surface area contributed by atoms with Crippen molar-refractivity contribution in [2.45, 2.75) is 18.0 Å². The summed E-state index contributed by atoms with van der Waals surface area (Å²) in [5.41, 5.74) is 6.53. The molecule has 2 unspecified atom stereocenters. The molecule has 5 N–H and O–H groups in total. The number of hydrogen-bond acceptors (Lipinski definition) is 4. The number of aromatic nitrogens is 1. The lowest BCUT2D eigenvalue weighted by molar-refractivity contribution is -0.689. The number of fused-ring (bicyclic) bond motifs is 1. The van der Waals surface area contributed by atoms with Crippen molar-refractivity contribution in [3.63, 3.8) is 0 Å². The molecule has 0 aliphatic carbocycles. The maximum Gasteiger partial charge on any atom is 0.352 e. The summed E-state index contributed by atoms with van der Waals surface area (Å²) in [6.45, 7) is 0.460. The summed E-state index contributed by atoms with van der Waals surface area (Å²) < 4.78 is 1.89. The number of aliphatic carboxylic acids is 1. The number of carboxylic acid groups (broad SMARTS) is 1. The maximum absolute atomic E-state index is 11.8. The number of pyridine rings is 1. The molecular formula is C13H16IN3O4S. The molecule has 0 radical (unpaired) electrons. The largest absolute Gasteiger partial charge is 1.00 e. The molecule has 1 aromatic heterocycles. The van der Waals surface area contributed by atoms with E-state index >= 15 is 0 Å². The van der Waals surface area contributed by atoms with Crippen molar-refractivity contribution in [2.75, 3.05) is 5.75 Å². The molecule has 7 nitrogen and oxygen atoms in total. The van der Waals surface area contributed by atoms with Crippen molar-refractivity contribution in [1.29, 1.82) is 0 Å². The molecule has 1 amide bonds. The van der Waals surface area contributed by atoms with Gasteiger partial charge in [-0.25, -0.2) is 9.36 Å². The third kappa shape index (κ3) is 3.12. The second-order valence-electron chi connectivity index (χ2n) is 4.74. The number of carboxylic acids is 1. The number of hydrogen-bond donors (Lipinski definition) is 2. The van der Waals surface area contributed by atoms with Gasteiger partial charge in [-0.3, -0.25) is 9.69 Å². The molecule has 1 aromatic rings. The predicted octanol–water partition coefficient (Wildman–Crippen LogP) is -4.27. The van der Waals surface area contributed by atoms with Crippen LogP contribution in [-0.2, 0) is 16.1 Å². The van der Waals surface area contributed by atoms with Gasteiger partial charge in [0.2, 0.25) is 5.91 Å². The third-order valence-electron chi connectivity index (χ3n) is 3.44. The van der Waals surface area contributed by atoms with Gasteiger partial charge in [-0.2, -0.15) is 0 Å². The van der Waals surface area contributed by atoms with Crippen LogP contribution in [0.25, 0.3) is 0 Å². The van der Waals surface area contributed by atoms with Crippen LogP contribution in [0, 0.1) is 0 Å². The predicted molar refractivity (Wildman–Crippen MR) is 76.0 cm³/mol. The zero-order chi connectivity index (χ0) is 14.3. The second kappa shape index (κ2) is 7.40. The van der Waals surface area contributed by atoms with Gasteiger partial charge in [0.1, 0.15) is 17.1 Å².